The Balaban J connectivity index is 1.64. The van der Waals surface area contributed by atoms with Crippen molar-refractivity contribution in [2.45, 2.75) is 24.7 Å². The van der Waals surface area contributed by atoms with Gasteiger partial charge in [-0.25, -0.2) is 8.42 Å². The number of fused-ring (bicyclic) bond motifs is 1. The predicted octanol–water partition coefficient (Wildman–Crippen LogP) is 3.49. The normalized spacial score (nSPS) is 12.6. The summed E-state index contributed by atoms with van der Waals surface area (Å²) < 4.78 is 37.6. The molecule has 0 aliphatic heterocycles. The number of aryl methyl sites for hydroxylation is 1. The number of nitrogens with zero attached hydrogens (tertiary/aromatic N) is 1. The third-order valence-electron chi connectivity index (χ3n) is 5.52. The Kier molecular flexibility index (Phi) is 8.07. The number of rotatable bonds is 10. The van der Waals surface area contributed by atoms with E-state index in [-0.39, 0.29) is 31.2 Å². The van der Waals surface area contributed by atoms with Crippen molar-refractivity contribution in [1.29, 1.82) is 0 Å². The molecule has 7 nitrogen and oxygen atoms in total. The lowest BCUT2D eigenvalue weighted by Crippen LogP contribution is -2.36. The van der Waals surface area contributed by atoms with Crippen LogP contribution in [0.4, 0.5) is 0 Å². The number of aliphatic hydroxyl groups is 1. The van der Waals surface area contributed by atoms with Crippen LogP contribution in [0.3, 0.4) is 0 Å². The van der Waals surface area contributed by atoms with Crippen LogP contribution < -0.4 is 4.74 Å². The molecule has 3 rings (SSSR count). The van der Waals surface area contributed by atoms with Crippen molar-refractivity contribution in [1.82, 2.24) is 4.31 Å². The highest BCUT2D eigenvalue weighted by Gasteiger charge is 2.25. The van der Waals surface area contributed by atoms with E-state index in [9.17, 15) is 18.3 Å². The Morgan fingerprint density at radius 1 is 1.00 bits per heavy atom. The van der Waals surface area contributed by atoms with Crippen molar-refractivity contribution in [2.24, 2.45) is 0 Å². The van der Waals surface area contributed by atoms with Crippen LogP contribution in [0.1, 0.15) is 24.0 Å². The first-order valence-corrected chi connectivity index (χ1v) is 12.1. The summed E-state index contributed by atoms with van der Waals surface area (Å²) in [5.74, 6) is -0.202. The molecule has 0 aromatic heterocycles. The lowest BCUT2D eigenvalue weighted by atomic mass is 9.98. The minimum absolute atomic E-state index is 0.0489. The lowest BCUT2D eigenvalue weighted by Gasteiger charge is -2.22. The molecule has 0 amide bonds. The molecule has 1 N–H and O–H groups in total. The number of hydrogen-bond acceptors (Lipinski definition) is 6. The van der Waals surface area contributed by atoms with E-state index in [1.807, 2.05) is 43.3 Å². The van der Waals surface area contributed by atoms with E-state index in [1.165, 1.54) is 12.1 Å². The molecule has 176 valence electrons. The highest BCUT2D eigenvalue weighted by atomic mass is 32.2. The van der Waals surface area contributed by atoms with Crippen molar-refractivity contribution in [3.8, 4) is 5.75 Å². The summed E-state index contributed by atoms with van der Waals surface area (Å²) in [6.07, 6.45) is 0. The van der Waals surface area contributed by atoms with Crippen molar-refractivity contribution in [3.05, 3.63) is 71.8 Å². The molecule has 3 aromatic carbocycles. The summed E-state index contributed by atoms with van der Waals surface area (Å²) in [5, 5.41) is 11.3. The highest BCUT2D eigenvalue weighted by molar-refractivity contribution is 7.89. The van der Waals surface area contributed by atoms with E-state index >= 15 is 0 Å². The molecular formula is C25H29NO6S. The zero-order valence-corrected chi connectivity index (χ0v) is 19.8. The van der Waals surface area contributed by atoms with Crippen molar-refractivity contribution < 1.29 is 27.8 Å². The van der Waals surface area contributed by atoms with Gasteiger partial charge in [0.15, 0.2) is 0 Å². The summed E-state index contributed by atoms with van der Waals surface area (Å²) >= 11 is 0. The van der Waals surface area contributed by atoms with E-state index in [0.717, 1.165) is 32.0 Å². The minimum atomic E-state index is -3.81. The fourth-order valence-electron chi connectivity index (χ4n) is 3.47. The van der Waals surface area contributed by atoms with Gasteiger partial charge < -0.3 is 14.6 Å². The molecule has 3 aromatic rings. The van der Waals surface area contributed by atoms with Gasteiger partial charge in [-0.3, -0.25) is 4.79 Å². The van der Waals surface area contributed by atoms with Gasteiger partial charge in [0.05, 0.1) is 24.5 Å². The van der Waals surface area contributed by atoms with Gasteiger partial charge in [-0.2, -0.15) is 4.31 Å². The Morgan fingerprint density at radius 2 is 1.67 bits per heavy atom. The van der Waals surface area contributed by atoms with Crippen LogP contribution in [0.2, 0.25) is 0 Å². The summed E-state index contributed by atoms with van der Waals surface area (Å²) in [4.78, 5) is 12.8. The van der Waals surface area contributed by atoms with Crippen LogP contribution in [0.5, 0.6) is 5.75 Å². The van der Waals surface area contributed by atoms with Gasteiger partial charge in [0, 0.05) is 13.1 Å². The predicted molar refractivity (Wildman–Crippen MR) is 127 cm³/mol. The monoisotopic (exact) mass is 471 g/mol. The molecule has 0 radical (unpaired) electrons. The van der Waals surface area contributed by atoms with E-state index in [2.05, 4.69) is 0 Å². The molecular weight excluding hydrogens is 442 g/mol. The molecule has 0 fully saturated rings. The first-order valence-electron chi connectivity index (χ1n) is 10.7. The maximum absolute atomic E-state index is 12.9. The van der Waals surface area contributed by atoms with Crippen LogP contribution in [0, 0.1) is 6.92 Å². The topological polar surface area (TPSA) is 93.1 Å². The Morgan fingerprint density at radius 3 is 2.33 bits per heavy atom. The Labute approximate surface area is 194 Å². The minimum Gasteiger partial charge on any atom is -0.497 e. The molecule has 33 heavy (non-hydrogen) atoms. The molecule has 0 aliphatic rings. The van der Waals surface area contributed by atoms with Gasteiger partial charge in [0.25, 0.3) is 0 Å². The van der Waals surface area contributed by atoms with Crippen LogP contribution in [-0.2, 0) is 19.6 Å². The first kappa shape index (κ1) is 24.7. The molecule has 0 bridgehead atoms. The first-order chi connectivity index (χ1) is 15.8. The maximum atomic E-state index is 12.9. The number of hydrogen-bond donors (Lipinski definition) is 1. The number of esters is 1. The van der Waals surface area contributed by atoms with E-state index in [4.69, 9.17) is 9.47 Å². The molecule has 1 atom stereocenters. The average Bonchev–Trinajstić information content (AvgIpc) is 2.82. The number of ether oxygens (including phenoxy) is 2. The third-order valence-corrected chi connectivity index (χ3v) is 7.43. The second kappa shape index (κ2) is 10.8. The van der Waals surface area contributed by atoms with E-state index in [0.29, 0.717) is 0 Å². The number of methoxy groups -OCH3 is 1. The molecule has 0 unspecified atom stereocenters. The smallest absolute Gasteiger partial charge is 0.313 e. The van der Waals surface area contributed by atoms with Gasteiger partial charge in [-0.05, 0) is 54.4 Å². The van der Waals surface area contributed by atoms with Crippen molar-refractivity contribution >= 4 is 26.8 Å². The second-order valence-electron chi connectivity index (χ2n) is 7.80. The van der Waals surface area contributed by atoms with Crippen LogP contribution in [0.25, 0.3) is 10.8 Å². The van der Waals surface area contributed by atoms with Crippen molar-refractivity contribution in [3.63, 3.8) is 0 Å². The Hall–Kier alpha value is -2.94. The van der Waals surface area contributed by atoms with Crippen LogP contribution in [0.15, 0.2) is 65.6 Å². The fraction of sp³-hybridized carbons (Fsp3) is 0.320. The summed E-state index contributed by atoms with van der Waals surface area (Å²) in [5.41, 5.74) is 1.75. The van der Waals surface area contributed by atoms with Gasteiger partial charge in [0.1, 0.15) is 12.4 Å². The number of benzene rings is 3. The van der Waals surface area contributed by atoms with Gasteiger partial charge in [-0.15, -0.1) is 0 Å². The fourth-order valence-corrected chi connectivity index (χ4v) is 4.89. The summed E-state index contributed by atoms with van der Waals surface area (Å²) in [6.45, 7) is 3.04. The molecule has 8 heteroatoms. The van der Waals surface area contributed by atoms with E-state index < -0.39 is 21.9 Å². The number of carbonyl (C=O) groups excluding carboxylic acids is 1. The number of sulfonamides is 1. The summed E-state index contributed by atoms with van der Waals surface area (Å²) in [6, 6.07) is 17.9. The van der Waals surface area contributed by atoms with Gasteiger partial charge in [0.2, 0.25) is 10.0 Å². The zero-order valence-electron chi connectivity index (χ0n) is 19.0. The quantitative estimate of drug-likeness (QED) is 0.455. The number of carbonyl (C=O) groups is 1. The average molecular weight is 472 g/mol. The Bertz CT molecular complexity index is 1210. The zero-order chi connectivity index (χ0) is 24.0. The molecule has 0 aliphatic carbocycles. The van der Waals surface area contributed by atoms with E-state index in [1.54, 1.807) is 26.2 Å². The maximum Gasteiger partial charge on any atom is 0.313 e. The summed E-state index contributed by atoms with van der Waals surface area (Å²) in [7, 11) is -2.20. The highest BCUT2D eigenvalue weighted by Crippen LogP contribution is 2.26. The SMILES string of the molecule is COc1ccc2cc([C@H](C)C(=O)OCCN(CCO)S(=O)(=O)c3ccc(C)cc3)ccc2c1. The molecule has 0 saturated heterocycles. The third kappa shape index (κ3) is 5.90. The van der Waals surface area contributed by atoms with Crippen molar-refractivity contribution in [2.75, 3.05) is 33.4 Å². The largest absolute Gasteiger partial charge is 0.497 e. The number of aliphatic hydroxyl groups excluding tert-OH is 1. The molecule has 0 heterocycles. The van der Waals surface area contributed by atoms with Crippen LogP contribution in [-0.4, -0.2) is 57.2 Å². The van der Waals surface area contributed by atoms with Gasteiger partial charge >= 0.3 is 5.97 Å². The van der Waals surface area contributed by atoms with Crippen LogP contribution >= 0.6 is 0 Å². The standard InChI is InChI=1S/C25H29NO6S/c1-18-4-10-24(11-5-18)33(29,30)26(12-14-27)13-15-32-25(28)19(2)20-6-7-22-17-23(31-3)9-8-21(22)16-20/h4-11,16-17,19,27H,12-15H2,1-3H3/t19-/m0/s1. The molecule has 0 saturated carbocycles. The second-order valence-corrected chi connectivity index (χ2v) is 9.74. The van der Waals surface area contributed by atoms with Gasteiger partial charge in [-0.1, -0.05) is 42.0 Å². The molecule has 0 spiro atoms. The lowest BCUT2D eigenvalue weighted by molar-refractivity contribution is -0.145.